The van der Waals surface area contributed by atoms with E-state index in [9.17, 15) is 0 Å². The van der Waals surface area contributed by atoms with Crippen LogP contribution in [0.2, 0.25) is 0 Å². The molecule has 0 saturated heterocycles. The van der Waals surface area contributed by atoms with Crippen molar-refractivity contribution < 1.29 is 0 Å². The first-order chi connectivity index (χ1) is 7.81. The highest BCUT2D eigenvalue weighted by Crippen LogP contribution is 2.25. The van der Waals surface area contributed by atoms with E-state index in [0.29, 0.717) is 5.69 Å². The van der Waals surface area contributed by atoms with Crippen molar-refractivity contribution in [1.29, 1.82) is 5.39 Å². The first kappa shape index (κ1) is 10.8. The molecule has 0 heterocycles. The summed E-state index contributed by atoms with van der Waals surface area (Å²) in [6.07, 6.45) is 0.752. The van der Waals surface area contributed by atoms with Crippen molar-refractivity contribution in [3.05, 3.63) is 69.1 Å². The number of diazo groups is 1. The average molecular weight is 274 g/mol. The molecule has 2 aromatic carbocycles. The minimum atomic E-state index is 0.623. The topological polar surface area (TPSA) is 28.1 Å². The predicted molar refractivity (Wildman–Crippen MR) is 68.1 cm³/mol. The van der Waals surface area contributed by atoms with Gasteiger partial charge in [-0.1, -0.05) is 52.3 Å². The zero-order chi connectivity index (χ0) is 11.4. The van der Waals surface area contributed by atoms with E-state index in [-0.39, 0.29) is 0 Å². The third-order valence-electron chi connectivity index (χ3n) is 2.44. The molecule has 2 nitrogen and oxygen atoms in total. The summed E-state index contributed by atoms with van der Waals surface area (Å²) in [5, 5.41) is 8.88. The van der Waals surface area contributed by atoms with Gasteiger partial charge >= 0.3 is 5.69 Å². The van der Waals surface area contributed by atoms with Gasteiger partial charge in [-0.2, -0.15) is 0 Å². The lowest BCUT2D eigenvalue weighted by Crippen LogP contribution is -1.89. The highest BCUT2D eigenvalue weighted by Gasteiger charge is 2.13. The van der Waals surface area contributed by atoms with Crippen molar-refractivity contribution in [2.24, 2.45) is 0 Å². The summed E-state index contributed by atoms with van der Waals surface area (Å²) in [6.45, 7) is 0. The average Bonchev–Trinajstić information content (AvgIpc) is 2.33. The predicted octanol–water partition coefficient (Wildman–Crippen LogP) is 4.52. The molecule has 0 aliphatic carbocycles. The van der Waals surface area contributed by atoms with Gasteiger partial charge in [0.2, 0.25) is 5.39 Å². The van der Waals surface area contributed by atoms with Crippen LogP contribution in [0.25, 0.3) is 4.98 Å². The molecule has 0 aliphatic rings. The van der Waals surface area contributed by atoms with Crippen molar-refractivity contribution >= 4 is 21.6 Å². The zero-order valence-electron chi connectivity index (χ0n) is 8.60. The van der Waals surface area contributed by atoms with Gasteiger partial charge in [0, 0.05) is 17.0 Å². The SMILES string of the molecule is N#[N+]c1ccccc1Cc1ccccc1Br. The van der Waals surface area contributed by atoms with Crippen LogP contribution in [0.3, 0.4) is 0 Å². The molecule has 0 amide bonds. The Morgan fingerprint density at radius 2 is 1.56 bits per heavy atom. The molecule has 16 heavy (non-hydrogen) atoms. The maximum absolute atomic E-state index is 8.88. The van der Waals surface area contributed by atoms with Crippen LogP contribution < -0.4 is 0 Å². The van der Waals surface area contributed by atoms with E-state index in [1.807, 2.05) is 36.4 Å². The van der Waals surface area contributed by atoms with Gasteiger partial charge in [-0.15, -0.1) is 0 Å². The van der Waals surface area contributed by atoms with Crippen molar-refractivity contribution in [3.8, 4) is 0 Å². The van der Waals surface area contributed by atoms with Gasteiger partial charge in [-0.3, -0.25) is 0 Å². The Balaban J connectivity index is 2.35. The molecule has 78 valence electrons. The van der Waals surface area contributed by atoms with Gasteiger partial charge in [0.15, 0.2) is 4.98 Å². The molecule has 0 aliphatic heterocycles. The van der Waals surface area contributed by atoms with Crippen molar-refractivity contribution in [1.82, 2.24) is 0 Å². The fraction of sp³-hybridized carbons (Fsp3) is 0.0769. The third-order valence-corrected chi connectivity index (χ3v) is 3.21. The summed E-state index contributed by atoms with van der Waals surface area (Å²) in [5.74, 6) is 0. The van der Waals surface area contributed by atoms with Gasteiger partial charge in [0.1, 0.15) is 0 Å². The Kier molecular flexibility index (Phi) is 3.33. The van der Waals surface area contributed by atoms with E-state index >= 15 is 0 Å². The van der Waals surface area contributed by atoms with Crippen LogP contribution in [0.5, 0.6) is 0 Å². The van der Waals surface area contributed by atoms with Crippen molar-refractivity contribution in [2.45, 2.75) is 6.42 Å². The Morgan fingerprint density at radius 1 is 0.938 bits per heavy atom. The number of rotatable bonds is 2. The highest BCUT2D eigenvalue weighted by molar-refractivity contribution is 9.10. The minimum absolute atomic E-state index is 0.623. The first-order valence-corrected chi connectivity index (χ1v) is 5.77. The van der Waals surface area contributed by atoms with E-state index in [1.165, 1.54) is 5.56 Å². The highest BCUT2D eigenvalue weighted by atomic mass is 79.9. The van der Waals surface area contributed by atoms with Crippen LogP contribution in [-0.2, 0) is 6.42 Å². The molecular formula is C13H10BrN2+. The zero-order valence-corrected chi connectivity index (χ0v) is 10.2. The van der Waals surface area contributed by atoms with Crippen LogP contribution >= 0.6 is 15.9 Å². The van der Waals surface area contributed by atoms with Crippen LogP contribution in [0, 0.1) is 5.39 Å². The number of halogens is 1. The lowest BCUT2D eigenvalue weighted by atomic mass is 10.0. The first-order valence-electron chi connectivity index (χ1n) is 4.97. The molecule has 0 saturated carbocycles. The number of hydrogen-bond donors (Lipinski definition) is 0. The summed E-state index contributed by atoms with van der Waals surface area (Å²) in [5.41, 5.74) is 2.81. The summed E-state index contributed by atoms with van der Waals surface area (Å²) in [7, 11) is 0. The smallest absolute Gasteiger partial charge is 0.0619 e. The van der Waals surface area contributed by atoms with Gasteiger partial charge in [0.25, 0.3) is 0 Å². The van der Waals surface area contributed by atoms with Crippen LogP contribution in [0.1, 0.15) is 11.1 Å². The Morgan fingerprint density at radius 3 is 2.25 bits per heavy atom. The van der Waals surface area contributed by atoms with E-state index in [4.69, 9.17) is 5.39 Å². The van der Waals surface area contributed by atoms with Crippen LogP contribution in [-0.4, -0.2) is 0 Å². The Hall–Kier alpha value is -1.66. The molecule has 3 heteroatoms. The largest absolute Gasteiger partial charge is 0.388 e. The summed E-state index contributed by atoms with van der Waals surface area (Å²) >= 11 is 3.51. The molecule has 0 spiro atoms. The monoisotopic (exact) mass is 273 g/mol. The summed E-state index contributed by atoms with van der Waals surface area (Å²) in [6, 6.07) is 15.6. The molecule has 0 unspecified atom stereocenters. The maximum Gasteiger partial charge on any atom is 0.388 e. The third kappa shape index (κ3) is 2.29. The van der Waals surface area contributed by atoms with Gasteiger partial charge < -0.3 is 0 Å². The number of benzene rings is 2. The Labute approximate surface area is 103 Å². The normalized spacial score (nSPS) is 9.75. The minimum Gasteiger partial charge on any atom is -0.0619 e. The second kappa shape index (κ2) is 4.91. The molecule has 2 rings (SSSR count). The van der Waals surface area contributed by atoms with Crippen LogP contribution in [0.15, 0.2) is 53.0 Å². The maximum atomic E-state index is 8.88. The fourth-order valence-corrected chi connectivity index (χ4v) is 2.03. The number of hydrogen-bond acceptors (Lipinski definition) is 1. The van der Waals surface area contributed by atoms with Gasteiger partial charge in [-0.05, 0) is 11.6 Å². The van der Waals surface area contributed by atoms with E-state index in [2.05, 4.69) is 27.0 Å². The van der Waals surface area contributed by atoms with Gasteiger partial charge in [-0.25, -0.2) is 0 Å². The Bertz CT molecular complexity index is 544. The quantitative estimate of drug-likeness (QED) is 0.740. The number of nitrogens with zero attached hydrogens (tertiary/aromatic N) is 2. The fourth-order valence-electron chi connectivity index (χ4n) is 1.60. The summed E-state index contributed by atoms with van der Waals surface area (Å²) in [4.78, 5) is 3.28. The van der Waals surface area contributed by atoms with E-state index < -0.39 is 0 Å². The lowest BCUT2D eigenvalue weighted by Gasteiger charge is -2.02. The second-order valence-corrected chi connectivity index (χ2v) is 4.35. The second-order valence-electron chi connectivity index (χ2n) is 3.50. The molecule has 0 radical (unpaired) electrons. The van der Waals surface area contributed by atoms with E-state index in [1.54, 1.807) is 6.07 Å². The molecule has 0 atom stereocenters. The molecule has 2 aromatic rings. The van der Waals surface area contributed by atoms with Crippen molar-refractivity contribution in [3.63, 3.8) is 0 Å². The summed E-state index contributed by atoms with van der Waals surface area (Å²) < 4.78 is 1.07. The van der Waals surface area contributed by atoms with Crippen LogP contribution in [0.4, 0.5) is 5.69 Å². The molecule has 0 aromatic heterocycles. The molecular weight excluding hydrogens is 264 g/mol. The molecule has 0 bridgehead atoms. The van der Waals surface area contributed by atoms with Gasteiger partial charge in [0.05, 0.1) is 5.56 Å². The lowest BCUT2D eigenvalue weighted by molar-refractivity contribution is 1.18. The standard InChI is InChI=1S/C13H10BrN2/c14-12-7-3-1-5-10(12)9-11-6-2-4-8-13(11)16-15/h1-8H,9H2/q+1. The molecule has 0 fully saturated rings. The van der Waals surface area contributed by atoms with Crippen molar-refractivity contribution in [2.75, 3.05) is 0 Å². The molecule has 0 N–H and O–H groups in total. The van der Waals surface area contributed by atoms with E-state index in [0.717, 1.165) is 16.5 Å².